The number of nitrogens with one attached hydrogen (secondary N) is 1. The van der Waals surface area contributed by atoms with Crippen molar-refractivity contribution in [1.82, 2.24) is 15.1 Å². The van der Waals surface area contributed by atoms with Gasteiger partial charge in [-0.15, -0.1) is 0 Å². The highest BCUT2D eigenvalue weighted by Gasteiger charge is 2.53. The molecule has 0 aromatic heterocycles. The van der Waals surface area contributed by atoms with Gasteiger partial charge in [-0.25, -0.2) is 0 Å². The molecular weight excluding hydrogens is 324 g/mol. The summed E-state index contributed by atoms with van der Waals surface area (Å²) in [6.07, 6.45) is 9.41. The lowest BCUT2D eigenvalue weighted by Gasteiger charge is -2.49. The van der Waals surface area contributed by atoms with Gasteiger partial charge in [0.15, 0.2) is 5.29 Å². The largest absolute Gasteiger partial charge is 0.344 e. The minimum absolute atomic E-state index is 0.0597. The van der Waals surface area contributed by atoms with Crippen molar-refractivity contribution in [3.05, 3.63) is 11.8 Å². The number of amidine groups is 1. The van der Waals surface area contributed by atoms with Crippen LogP contribution in [0.4, 0.5) is 0 Å². The zero-order valence-corrected chi connectivity index (χ0v) is 15.9. The van der Waals surface area contributed by atoms with Crippen LogP contribution in [-0.2, 0) is 4.79 Å². The molecule has 24 heavy (non-hydrogen) atoms. The van der Waals surface area contributed by atoms with E-state index in [2.05, 4.69) is 35.1 Å². The summed E-state index contributed by atoms with van der Waals surface area (Å²) in [5, 5.41) is 3.85. The van der Waals surface area contributed by atoms with Crippen molar-refractivity contribution in [2.75, 3.05) is 14.1 Å². The standard InChI is InChI=1S/C18H29ClN4O/c1-12-14-11-15(16(24)22(3)4)23(13-9-7-5-6-8-10-13)18(14,2)21-17(19)20-12/h11-14H,5-10H2,1-4H3,(H,20,21). The van der Waals surface area contributed by atoms with Gasteiger partial charge in [-0.2, -0.15) is 0 Å². The monoisotopic (exact) mass is 352 g/mol. The Labute approximate surface area is 150 Å². The Morgan fingerprint density at radius 2 is 1.96 bits per heavy atom. The summed E-state index contributed by atoms with van der Waals surface area (Å²) in [5.74, 6) is 0.210. The number of rotatable bonds is 2. The Balaban J connectivity index is 2.01. The SMILES string of the molecule is CC1N=C(Cl)NC2(C)C1C=C(C(=O)N(C)C)N2C1CCCCCC1. The number of amides is 1. The van der Waals surface area contributed by atoms with Crippen LogP contribution < -0.4 is 5.32 Å². The Morgan fingerprint density at radius 3 is 2.54 bits per heavy atom. The first-order valence-corrected chi connectivity index (χ1v) is 9.46. The van der Waals surface area contributed by atoms with Crippen LogP contribution in [0.15, 0.2) is 16.8 Å². The Kier molecular flexibility index (Phi) is 4.82. The topological polar surface area (TPSA) is 47.9 Å². The van der Waals surface area contributed by atoms with E-state index in [1.807, 2.05) is 14.1 Å². The number of carbonyl (C=O) groups is 1. The Hall–Kier alpha value is -1.23. The minimum atomic E-state index is -0.381. The fourth-order valence-electron chi connectivity index (χ4n) is 4.57. The third-order valence-corrected chi connectivity index (χ3v) is 5.95. The molecule has 6 heteroatoms. The maximum Gasteiger partial charge on any atom is 0.269 e. The highest BCUT2D eigenvalue weighted by atomic mass is 35.5. The van der Waals surface area contributed by atoms with Gasteiger partial charge < -0.3 is 15.1 Å². The number of carbonyl (C=O) groups excluding carboxylic acids is 1. The fourth-order valence-corrected chi connectivity index (χ4v) is 4.92. The molecule has 0 spiro atoms. The number of hydrogen-bond acceptors (Lipinski definition) is 4. The molecule has 0 bridgehead atoms. The molecule has 3 unspecified atom stereocenters. The molecule has 3 atom stereocenters. The number of aliphatic imine (C=N–C) groups is 1. The molecule has 1 N–H and O–H groups in total. The van der Waals surface area contributed by atoms with E-state index in [1.54, 1.807) is 4.90 Å². The maximum atomic E-state index is 12.9. The summed E-state index contributed by atoms with van der Waals surface area (Å²) in [5.41, 5.74) is 0.425. The van der Waals surface area contributed by atoms with E-state index in [4.69, 9.17) is 11.6 Å². The van der Waals surface area contributed by atoms with E-state index in [-0.39, 0.29) is 23.5 Å². The Bertz CT molecular complexity index is 565. The summed E-state index contributed by atoms with van der Waals surface area (Å²) in [4.78, 5) is 21.4. The lowest BCUT2D eigenvalue weighted by atomic mass is 9.87. The number of halogens is 1. The van der Waals surface area contributed by atoms with E-state index in [1.165, 1.54) is 25.7 Å². The van der Waals surface area contributed by atoms with Crippen molar-refractivity contribution >= 4 is 22.8 Å². The molecule has 2 heterocycles. The smallest absolute Gasteiger partial charge is 0.269 e. The van der Waals surface area contributed by atoms with Crippen LogP contribution in [-0.4, -0.2) is 52.8 Å². The highest BCUT2D eigenvalue weighted by Crippen LogP contribution is 2.44. The zero-order valence-electron chi connectivity index (χ0n) is 15.2. The molecule has 3 aliphatic rings. The third-order valence-electron chi connectivity index (χ3n) is 5.75. The normalized spacial score (nSPS) is 34.0. The Morgan fingerprint density at radius 1 is 1.33 bits per heavy atom. The molecule has 5 nitrogen and oxygen atoms in total. The summed E-state index contributed by atoms with van der Waals surface area (Å²) < 4.78 is 0. The predicted molar refractivity (Wildman–Crippen MR) is 97.9 cm³/mol. The lowest BCUT2D eigenvalue weighted by Crippen LogP contribution is -2.65. The molecule has 0 saturated heterocycles. The van der Waals surface area contributed by atoms with Crippen LogP contribution in [0.5, 0.6) is 0 Å². The van der Waals surface area contributed by atoms with Gasteiger partial charge in [0.2, 0.25) is 0 Å². The summed E-state index contributed by atoms with van der Waals surface area (Å²) in [6, 6.07) is 0.435. The van der Waals surface area contributed by atoms with Gasteiger partial charge in [0.1, 0.15) is 11.4 Å². The quantitative estimate of drug-likeness (QED) is 0.614. The van der Waals surface area contributed by atoms with Crippen molar-refractivity contribution in [2.45, 2.75) is 70.1 Å². The molecule has 0 aromatic rings. The van der Waals surface area contributed by atoms with E-state index < -0.39 is 0 Å². The van der Waals surface area contributed by atoms with Crippen molar-refractivity contribution < 1.29 is 4.79 Å². The van der Waals surface area contributed by atoms with Crippen molar-refractivity contribution in [1.29, 1.82) is 0 Å². The van der Waals surface area contributed by atoms with Crippen LogP contribution >= 0.6 is 11.6 Å². The van der Waals surface area contributed by atoms with E-state index in [0.29, 0.717) is 11.3 Å². The number of likely N-dealkylation sites (N-methyl/N-ethyl adjacent to an activating group) is 1. The molecule has 1 aliphatic carbocycles. The van der Waals surface area contributed by atoms with Gasteiger partial charge in [-0.1, -0.05) is 25.7 Å². The second kappa shape index (κ2) is 6.58. The van der Waals surface area contributed by atoms with Crippen molar-refractivity contribution in [3.63, 3.8) is 0 Å². The molecule has 1 amide bonds. The fraction of sp³-hybridized carbons (Fsp3) is 0.778. The van der Waals surface area contributed by atoms with Crippen molar-refractivity contribution in [2.24, 2.45) is 10.9 Å². The molecule has 1 fully saturated rings. The summed E-state index contributed by atoms with van der Waals surface area (Å²) in [6.45, 7) is 4.25. The van der Waals surface area contributed by atoms with E-state index in [0.717, 1.165) is 18.5 Å². The first kappa shape index (κ1) is 17.6. The number of hydrogen-bond donors (Lipinski definition) is 1. The van der Waals surface area contributed by atoms with Gasteiger partial charge in [0.25, 0.3) is 5.91 Å². The van der Waals surface area contributed by atoms with E-state index in [9.17, 15) is 4.79 Å². The van der Waals surface area contributed by atoms with Gasteiger partial charge in [-0.05, 0) is 44.4 Å². The summed E-state index contributed by atoms with van der Waals surface area (Å²) >= 11 is 6.29. The zero-order chi connectivity index (χ0) is 17.5. The number of fused-ring (bicyclic) bond motifs is 1. The average molecular weight is 353 g/mol. The van der Waals surface area contributed by atoms with Crippen LogP contribution in [0.25, 0.3) is 0 Å². The molecule has 1 saturated carbocycles. The van der Waals surface area contributed by atoms with Gasteiger partial charge in [0.05, 0.1) is 6.04 Å². The van der Waals surface area contributed by atoms with Gasteiger partial charge >= 0.3 is 0 Å². The van der Waals surface area contributed by atoms with E-state index >= 15 is 0 Å². The molecule has 0 aromatic carbocycles. The third kappa shape index (κ3) is 2.92. The van der Waals surface area contributed by atoms with Crippen LogP contribution in [0.1, 0.15) is 52.4 Å². The van der Waals surface area contributed by atoms with Gasteiger partial charge in [0, 0.05) is 26.1 Å². The second-order valence-corrected chi connectivity index (χ2v) is 8.08. The first-order chi connectivity index (χ1) is 11.3. The highest BCUT2D eigenvalue weighted by molar-refractivity contribution is 6.64. The first-order valence-electron chi connectivity index (χ1n) is 9.09. The molecule has 134 valence electrons. The lowest BCUT2D eigenvalue weighted by molar-refractivity contribution is -0.127. The molecule has 2 aliphatic heterocycles. The van der Waals surface area contributed by atoms with Crippen molar-refractivity contribution in [3.8, 4) is 0 Å². The maximum absolute atomic E-state index is 12.9. The molecule has 3 rings (SSSR count). The summed E-state index contributed by atoms with van der Waals surface area (Å²) in [7, 11) is 3.64. The van der Waals surface area contributed by atoms with Crippen LogP contribution in [0.2, 0.25) is 0 Å². The minimum Gasteiger partial charge on any atom is -0.344 e. The predicted octanol–water partition coefficient (Wildman–Crippen LogP) is 2.92. The molecular formula is C18H29ClN4O. The average Bonchev–Trinajstić information content (AvgIpc) is 2.65. The van der Waals surface area contributed by atoms with Crippen LogP contribution in [0, 0.1) is 5.92 Å². The number of nitrogens with zero attached hydrogens (tertiary/aromatic N) is 3. The van der Waals surface area contributed by atoms with Gasteiger partial charge in [-0.3, -0.25) is 9.79 Å². The molecule has 0 radical (unpaired) electrons. The van der Waals surface area contributed by atoms with Crippen LogP contribution in [0.3, 0.4) is 0 Å². The second-order valence-electron chi connectivity index (χ2n) is 7.73.